The third kappa shape index (κ3) is 5.93. The van der Waals surface area contributed by atoms with Crippen molar-refractivity contribution in [2.45, 2.75) is 25.9 Å². The lowest BCUT2D eigenvalue weighted by Gasteiger charge is -2.27. The first-order valence-corrected chi connectivity index (χ1v) is 11.1. The van der Waals surface area contributed by atoms with E-state index >= 15 is 0 Å². The normalized spacial score (nSPS) is 10.9. The molecule has 1 N–H and O–H groups in total. The van der Waals surface area contributed by atoms with Crippen molar-refractivity contribution in [2.24, 2.45) is 0 Å². The van der Waals surface area contributed by atoms with Crippen molar-refractivity contribution < 1.29 is 23.4 Å². The Morgan fingerprint density at radius 3 is 2.59 bits per heavy atom. The zero-order valence-corrected chi connectivity index (χ0v) is 20.4. The summed E-state index contributed by atoms with van der Waals surface area (Å²) in [6, 6.07) is 13.3. The Labute approximate surface area is 207 Å². The van der Waals surface area contributed by atoms with Crippen LogP contribution in [0.3, 0.4) is 0 Å². The number of benzene rings is 2. The van der Waals surface area contributed by atoms with Crippen molar-refractivity contribution in [1.82, 2.24) is 4.98 Å². The van der Waals surface area contributed by atoms with E-state index in [1.54, 1.807) is 12.1 Å². The lowest BCUT2D eigenvalue weighted by atomic mass is 9.77. The van der Waals surface area contributed by atoms with Gasteiger partial charge in [-0.3, -0.25) is 0 Å². The highest BCUT2D eigenvalue weighted by Crippen LogP contribution is 2.38. The molecule has 34 heavy (non-hydrogen) atoms. The molecule has 1 amide bonds. The minimum absolute atomic E-state index is 0.0250. The molecule has 0 atom stereocenters. The predicted octanol–water partition coefficient (Wildman–Crippen LogP) is 5.90. The fourth-order valence-electron chi connectivity index (χ4n) is 3.19. The topological polar surface area (TPSA) is 107 Å². The zero-order valence-electron chi connectivity index (χ0n) is 18.9. The summed E-state index contributed by atoms with van der Waals surface area (Å²) in [5.41, 5.74) is 2.29. The number of rotatable bonds is 9. The van der Waals surface area contributed by atoms with Crippen LogP contribution in [0.2, 0.25) is 5.02 Å². The lowest BCUT2D eigenvalue weighted by molar-refractivity contribution is 0.186. The first-order chi connectivity index (χ1) is 16.3. The average molecular weight is 504 g/mol. The minimum Gasteiger partial charge on any atom is -0.489 e. The summed E-state index contributed by atoms with van der Waals surface area (Å²) in [6.07, 6.45) is 0.716. The number of halogens is 2. The number of ether oxygens (including phenoxy) is 3. The Kier molecular flexibility index (Phi) is 8.26. The number of methoxy groups -OCH3 is 1. The molecule has 0 radical (unpaired) electrons. The van der Waals surface area contributed by atoms with E-state index in [2.05, 4.69) is 21.1 Å². The molecule has 2 aromatic carbocycles. The number of anilines is 1. The molecule has 10 heteroatoms. The van der Waals surface area contributed by atoms with E-state index in [0.29, 0.717) is 33.7 Å². The fourth-order valence-corrected chi connectivity index (χ4v) is 3.54. The molecule has 3 aromatic rings. The second-order valence-electron chi connectivity index (χ2n) is 7.68. The number of oxazole rings is 1. The largest absolute Gasteiger partial charge is 0.489 e. The molecule has 0 aliphatic rings. The van der Waals surface area contributed by atoms with Crippen LogP contribution in [0.5, 0.6) is 11.5 Å². The Balaban J connectivity index is 1.72. The summed E-state index contributed by atoms with van der Waals surface area (Å²) >= 11 is 12.1. The van der Waals surface area contributed by atoms with Crippen molar-refractivity contribution in [3.8, 4) is 17.6 Å². The van der Waals surface area contributed by atoms with Gasteiger partial charge in [0.15, 0.2) is 5.75 Å². The number of alkyl halides is 1. The molecule has 0 fully saturated rings. The SMILES string of the molecule is COC(=O)Nc1nc(COc2ccc(C(C)(C)c3cc(Cl)c(OCCCl)c(C#N)c3)cc2)co1. The number of aromatic nitrogens is 1. The summed E-state index contributed by atoms with van der Waals surface area (Å²) in [5.74, 6) is 1.27. The molecule has 0 saturated carbocycles. The van der Waals surface area contributed by atoms with Crippen LogP contribution in [-0.4, -0.2) is 30.7 Å². The van der Waals surface area contributed by atoms with Gasteiger partial charge in [-0.25, -0.2) is 10.1 Å². The zero-order chi connectivity index (χ0) is 24.7. The molecule has 0 unspecified atom stereocenters. The van der Waals surface area contributed by atoms with E-state index in [4.69, 9.17) is 37.1 Å². The van der Waals surface area contributed by atoms with Crippen molar-refractivity contribution in [1.29, 1.82) is 5.26 Å². The van der Waals surface area contributed by atoms with Crippen LogP contribution in [0.15, 0.2) is 47.1 Å². The number of hydrogen-bond acceptors (Lipinski definition) is 7. The second kappa shape index (κ2) is 11.1. The Hall–Kier alpha value is -3.41. The van der Waals surface area contributed by atoms with Crippen LogP contribution < -0.4 is 14.8 Å². The van der Waals surface area contributed by atoms with E-state index in [1.165, 1.54) is 13.4 Å². The lowest BCUT2D eigenvalue weighted by Crippen LogP contribution is -2.19. The molecular weight excluding hydrogens is 481 g/mol. The molecule has 0 spiro atoms. The van der Waals surface area contributed by atoms with Crippen LogP contribution in [0.1, 0.15) is 36.2 Å². The maximum atomic E-state index is 11.2. The van der Waals surface area contributed by atoms with Gasteiger partial charge in [0.05, 0.1) is 23.6 Å². The quantitative estimate of drug-likeness (QED) is 0.362. The monoisotopic (exact) mass is 503 g/mol. The Bertz CT molecular complexity index is 1190. The third-order valence-electron chi connectivity index (χ3n) is 5.12. The fraction of sp³-hybridized carbons (Fsp3) is 0.292. The molecule has 0 bridgehead atoms. The van der Waals surface area contributed by atoms with Gasteiger partial charge in [-0.2, -0.15) is 10.2 Å². The van der Waals surface area contributed by atoms with Crippen LogP contribution >= 0.6 is 23.2 Å². The first kappa shape index (κ1) is 25.2. The van der Waals surface area contributed by atoms with Gasteiger partial charge in [0.1, 0.15) is 37.0 Å². The van der Waals surface area contributed by atoms with Gasteiger partial charge in [-0.1, -0.05) is 37.6 Å². The first-order valence-electron chi connectivity index (χ1n) is 10.2. The molecular formula is C24H23Cl2N3O5. The standard InChI is InChI=1S/C24H23Cl2N3O5/c1-24(2,17-10-15(12-27)21(20(26)11-17)32-9-8-25)16-4-6-19(7-5-16)33-13-18-14-34-22(28-18)29-23(30)31-3/h4-7,10-11,14H,8-9,13H2,1-3H3,(H,28,29,30). The molecule has 1 heterocycles. The molecule has 3 rings (SSSR count). The number of amides is 1. The van der Waals surface area contributed by atoms with Crippen molar-refractivity contribution in [3.63, 3.8) is 0 Å². The second-order valence-corrected chi connectivity index (χ2v) is 8.47. The van der Waals surface area contributed by atoms with Gasteiger partial charge in [-0.15, -0.1) is 11.6 Å². The highest BCUT2D eigenvalue weighted by Gasteiger charge is 2.26. The highest BCUT2D eigenvalue weighted by molar-refractivity contribution is 6.32. The maximum Gasteiger partial charge on any atom is 0.414 e. The smallest absolute Gasteiger partial charge is 0.414 e. The van der Waals surface area contributed by atoms with Crippen LogP contribution in [-0.2, 0) is 16.8 Å². The van der Waals surface area contributed by atoms with Crippen molar-refractivity contribution in [3.05, 3.63) is 70.1 Å². The van der Waals surface area contributed by atoms with E-state index in [0.717, 1.165) is 11.1 Å². The van der Waals surface area contributed by atoms with Crippen LogP contribution in [0, 0.1) is 11.3 Å². The van der Waals surface area contributed by atoms with Crippen LogP contribution in [0.4, 0.5) is 10.8 Å². The van der Waals surface area contributed by atoms with E-state index < -0.39 is 11.5 Å². The molecule has 0 saturated heterocycles. The maximum absolute atomic E-state index is 11.2. The number of nitrogens with one attached hydrogen (secondary N) is 1. The average Bonchev–Trinajstić information content (AvgIpc) is 3.28. The van der Waals surface area contributed by atoms with E-state index in [9.17, 15) is 10.1 Å². The summed E-state index contributed by atoms with van der Waals surface area (Å²) < 4.78 is 20.9. The van der Waals surface area contributed by atoms with Gasteiger partial charge in [0, 0.05) is 5.41 Å². The predicted molar refractivity (Wildman–Crippen MR) is 128 cm³/mol. The third-order valence-corrected chi connectivity index (χ3v) is 5.55. The van der Waals surface area contributed by atoms with Gasteiger partial charge in [0.2, 0.25) is 0 Å². The summed E-state index contributed by atoms with van der Waals surface area (Å²) in [4.78, 5) is 15.3. The number of carbonyl (C=O) groups is 1. The Morgan fingerprint density at radius 1 is 1.21 bits per heavy atom. The Morgan fingerprint density at radius 2 is 1.94 bits per heavy atom. The molecule has 178 valence electrons. The number of hydrogen-bond donors (Lipinski definition) is 1. The number of carbonyl (C=O) groups excluding carboxylic acids is 1. The van der Waals surface area contributed by atoms with Gasteiger partial charge < -0.3 is 18.6 Å². The molecule has 0 aliphatic carbocycles. The summed E-state index contributed by atoms with van der Waals surface area (Å²) in [5, 5.41) is 12.3. The van der Waals surface area contributed by atoms with Gasteiger partial charge >= 0.3 is 12.1 Å². The van der Waals surface area contributed by atoms with Crippen molar-refractivity contribution in [2.75, 3.05) is 24.9 Å². The molecule has 8 nitrogen and oxygen atoms in total. The van der Waals surface area contributed by atoms with E-state index in [1.807, 2.05) is 38.1 Å². The minimum atomic E-state index is -0.673. The molecule has 1 aromatic heterocycles. The van der Waals surface area contributed by atoms with Crippen molar-refractivity contribution >= 4 is 35.3 Å². The summed E-state index contributed by atoms with van der Waals surface area (Å²) in [6.45, 7) is 4.50. The van der Waals surface area contributed by atoms with Gasteiger partial charge in [0.25, 0.3) is 0 Å². The van der Waals surface area contributed by atoms with Gasteiger partial charge in [-0.05, 0) is 35.4 Å². The highest BCUT2D eigenvalue weighted by atomic mass is 35.5. The summed E-state index contributed by atoms with van der Waals surface area (Å²) in [7, 11) is 1.25. The number of nitrogens with zero attached hydrogens (tertiary/aromatic N) is 2. The number of nitriles is 1. The van der Waals surface area contributed by atoms with Crippen LogP contribution in [0.25, 0.3) is 0 Å². The van der Waals surface area contributed by atoms with E-state index in [-0.39, 0.29) is 19.2 Å². The molecule has 0 aliphatic heterocycles.